The van der Waals surface area contributed by atoms with Crippen molar-refractivity contribution >= 4 is 22.8 Å². The highest BCUT2D eigenvalue weighted by Crippen LogP contribution is 2.21. The van der Waals surface area contributed by atoms with Crippen molar-refractivity contribution < 1.29 is 13.9 Å². The first-order valence-corrected chi connectivity index (χ1v) is 7.51. The summed E-state index contributed by atoms with van der Waals surface area (Å²) in [4.78, 5) is 12.2. The standard InChI is InChI=1S/C19H18O3/c1-2-21-16-8-5-7-14(12-16)18(20)11-10-17-13-15-6-3-4-9-19(15)22-17/h3-4,6-7,9-13H,2,5,8H2,1H3/b11-10+. The molecule has 1 heterocycles. The van der Waals surface area contributed by atoms with Crippen molar-refractivity contribution in [3.8, 4) is 0 Å². The number of fused-ring (bicyclic) bond motifs is 1. The molecule has 0 spiro atoms. The Morgan fingerprint density at radius 3 is 3.05 bits per heavy atom. The van der Waals surface area contributed by atoms with E-state index in [9.17, 15) is 4.79 Å². The first-order valence-electron chi connectivity index (χ1n) is 7.51. The summed E-state index contributed by atoms with van der Waals surface area (Å²) in [6.45, 7) is 2.57. The van der Waals surface area contributed by atoms with Crippen LogP contribution in [0.4, 0.5) is 0 Å². The smallest absolute Gasteiger partial charge is 0.185 e. The maximum absolute atomic E-state index is 12.2. The van der Waals surface area contributed by atoms with E-state index in [1.807, 2.05) is 49.4 Å². The number of carbonyl (C=O) groups is 1. The van der Waals surface area contributed by atoms with Crippen LogP contribution in [-0.2, 0) is 9.53 Å². The summed E-state index contributed by atoms with van der Waals surface area (Å²) in [7, 11) is 0. The summed E-state index contributed by atoms with van der Waals surface area (Å²) in [5.74, 6) is 1.53. The second-order valence-electron chi connectivity index (χ2n) is 5.13. The van der Waals surface area contributed by atoms with Crippen molar-refractivity contribution in [2.45, 2.75) is 19.8 Å². The molecule has 0 radical (unpaired) electrons. The lowest BCUT2D eigenvalue weighted by Crippen LogP contribution is -2.03. The molecule has 2 aromatic rings. The fourth-order valence-corrected chi connectivity index (χ4v) is 2.48. The van der Waals surface area contributed by atoms with Gasteiger partial charge in [0, 0.05) is 17.4 Å². The number of hydrogen-bond acceptors (Lipinski definition) is 3. The van der Waals surface area contributed by atoms with Crippen LogP contribution >= 0.6 is 0 Å². The number of furan rings is 1. The first-order chi connectivity index (χ1) is 10.8. The lowest BCUT2D eigenvalue weighted by molar-refractivity contribution is -0.111. The van der Waals surface area contributed by atoms with E-state index >= 15 is 0 Å². The fraction of sp³-hybridized carbons (Fsp3) is 0.211. The quantitative estimate of drug-likeness (QED) is 0.753. The van der Waals surface area contributed by atoms with Crippen LogP contribution in [0.2, 0.25) is 0 Å². The highest BCUT2D eigenvalue weighted by atomic mass is 16.5. The summed E-state index contributed by atoms with van der Waals surface area (Å²) in [5.41, 5.74) is 1.51. The van der Waals surface area contributed by atoms with Gasteiger partial charge in [-0.3, -0.25) is 4.79 Å². The SMILES string of the molecule is CCOC1=CC(C(=O)/C=C/c2cc3ccccc3o2)=CCC1. The van der Waals surface area contributed by atoms with E-state index in [1.54, 1.807) is 12.2 Å². The van der Waals surface area contributed by atoms with E-state index in [2.05, 4.69) is 0 Å². The molecule has 112 valence electrons. The lowest BCUT2D eigenvalue weighted by atomic mass is 10.0. The third-order valence-corrected chi connectivity index (χ3v) is 3.53. The van der Waals surface area contributed by atoms with Crippen LogP contribution in [-0.4, -0.2) is 12.4 Å². The molecule has 22 heavy (non-hydrogen) atoms. The predicted molar refractivity (Wildman–Crippen MR) is 87.3 cm³/mol. The largest absolute Gasteiger partial charge is 0.498 e. The van der Waals surface area contributed by atoms with Crippen LogP contribution in [0, 0.1) is 0 Å². The van der Waals surface area contributed by atoms with Gasteiger partial charge in [-0.25, -0.2) is 0 Å². The Kier molecular flexibility index (Phi) is 4.24. The van der Waals surface area contributed by atoms with Gasteiger partial charge in [0.1, 0.15) is 11.3 Å². The number of carbonyl (C=O) groups excluding carboxylic acids is 1. The molecule has 3 rings (SSSR count). The number of rotatable bonds is 5. The van der Waals surface area contributed by atoms with Crippen LogP contribution in [0.15, 0.2) is 64.3 Å². The highest BCUT2D eigenvalue weighted by Gasteiger charge is 2.11. The fourth-order valence-electron chi connectivity index (χ4n) is 2.48. The third kappa shape index (κ3) is 3.19. The third-order valence-electron chi connectivity index (χ3n) is 3.53. The molecule has 0 unspecified atom stereocenters. The minimum atomic E-state index is -0.0302. The molecule has 1 aromatic carbocycles. The number of ether oxygens (including phenoxy) is 1. The summed E-state index contributed by atoms with van der Waals surface area (Å²) in [6.07, 6.45) is 8.75. The van der Waals surface area contributed by atoms with Crippen molar-refractivity contribution in [1.82, 2.24) is 0 Å². The number of benzene rings is 1. The highest BCUT2D eigenvalue weighted by molar-refractivity contribution is 6.08. The molecule has 1 aliphatic carbocycles. The monoisotopic (exact) mass is 294 g/mol. The van der Waals surface area contributed by atoms with E-state index < -0.39 is 0 Å². The molecule has 3 nitrogen and oxygen atoms in total. The van der Waals surface area contributed by atoms with Gasteiger partial charge in [-0.05, 0) is 43.7 Å². The van der Waals surface area contributed by atoms with E-state index in [-0.39, 0.29) is 5.78 Å². The molecular weight excluding hydrogens is 276 g/mol. The van der Waals surface area contributed by atoms with Crippen LogP contribution in [0.1, 0.15) is 25.5 Å². The van der Waals surface area contributed by atoms with Gasteiger partial charge in [0.15, 0.2) is 5.78 Å². The van der Waals surface area contributed by atoms with Crippen molar-refractivity contribution in [2.75, 3.05) is 6.61 Å². The molecule has 0 fully saturated rings. The second kappa shape index (κ2) is 6.48. The zero-order chi connectivity index (χ0) is 15.4. The van der Waals surface area contributed by atoms with Crippen LogP contribution in [0.3, 0.4) is 0 Å². The molecule has 0 saturated carbocycles. The molecule has 1 aliphatic rings. The molecule has 0 aliphatic heterocycles. The van der Waals surface area contributed by atoms with E-state index in [4.69, 9.17) is 9.15 Å². The van der Waals surface area contributed by atoms with Crippen molar-refractivity contribution in [2.24, 2.45) is 0 Å². The van der Waals surface area contributed by atoms with Crippen LogP contribution in [0.25, 0.3) is 17.0 Å². The number of hydrogen-bond donors (Lipinski definition) is 0. The minimum Gasteiger partial charge on any atom is -0.498 e. The second-order valence-corrected chi connectivity index (χ2v) is 5.13. The van der Waals surface area contributed by atoms with Gasteiger partial charge >= 0.3 is 0 Å². The normalized spacial score (nSPS) is 15.0. The summed E-state index contributed by atoms with van der Waals surface area (Å²) in [6, 6.07) is 9.71. The Morgan fingerprint density at radius 1 is 1.36 bits per heavy atom. The van der Waals surface area contributed by atoms with Crippen molar-refractivity contribution in [3.05, 3.63) is 65.7 Å². The number of ketones is 1. The molecule has 0 amide bonds. The summed E-state index contributed by atoms with van der Waals surface area (Å²) < 4.78 is 11.2. The van der Waals surface area contributed by atoms with E-state index in [0.29, 0.717) is 17.9 Å². The van der Waals surface area contributed by atoms with Gasteiger partial charge in [-0.1, -0.05) is 24.3 Å². The van der Waals surface area contributed by atoms with Crippen LogP contribution in [0.5, 0.6) is 0 Å². The predicted octanol–water partition coefficient (Wildman–Crippen LogP) is 4.66. The van der Waals surface area contributed by atoms with Gasteiger partial charge in [0.2, 0.25) is 0 Å². The Labute approximate surface area is 129 Å². The molecule has 0 saturated heterocycles. The molecule has 1 aromatic heterocycles. The van der Waals surface area contributed by atoms with Gasteiger partial charge < -0.3 is 9.15 Å². The molecule has 0 atom stereocenters. The van der Waals surface area contributed by atoms with E-state index in [1.165, 1.54) is 0 Å². The molecular formula is C19H18O3. The van der Waals surface area contributed by atoms with Crippen molar-refractivity contribution in [1.29, 1.82) is 0 Å². The van der Waals surface area contributed by atoms with Gasteiger partial charge in [-0.2, -0.15) is 0 Å². The maximum atomic E-state index is 12.2. The minimum absolute atomic E-state index is 0.0302. The number of para-hydroxylation sites is 1. The Balaban J connectivity index is 1.74. The Morgan fingerprint density at radius 2 is 2.23 bits per heavy atom. The zero-order valence-corrected chi connectivity index (χ0v) is 12.5. The zero-order valence-electron chi connectivity index (χ0n) is 12.5. The first kappa shape index (κ1) is 14.4. The topological polar surface area (TPSA) is 39.4 Å². The lowest BCUT2D eigenvalue weighted by Gasteiger charge is -2.12. The average Bonchev–Trinajstić information content (AvgIpc) is 2.96. The van der Waals surface area contributed by atoms with E-state index in [0.717, 1.165) is 29.6 Å². The number of allylic oxidation sites excluding steroid dienone is 5. The Bertz CT molecular complexity index is 742. The molecule has 0 bridgehead atoms. The van der Waals surface area contributed by atoms with Crippen molar-refractivity contribution in [3.63, 3.8) is 0 Å². The molecule has 0 N–H and O–H groups in total. The summed E-state index contributed by atoms with van der Waals surface area (Å²) in [5, 5.41) is 1.03. The average molecular weight is 294 g/mol. The summed E-state index contributed by atoms with van der Waals surface area (Å²) >= 11 is 0. The van der Waals surface area contributed by atoms with Gasteiger partial charge in [-0.15, -0.1) is 0 Å². The van der Waals surface area contributed by atoms with Gasteiger partial charge in [0.25, 0.3) is 0 Å². The molecule has 3 heteroatoms. The van der Waals surface area contributed by atoms with Gasteiger partial charge in [0.05, 0.1) is 12.4 Å². The maximum Gasteiger partial charge on any atom is 0.185 e. The Hall–Kier alpha value is -2.55. The van der Waals surface area contributed by atoms with Crippen LogP contribution < -0.4 is 0 Å².